The summed E-state index contributed by atoms with van der Waals surface area (Å²) >= 11 is 3.32. The van der Waals surface area contributed by atoms with Crippen LogP contribution in [0, 0.1) is 0 Å². The Hall–Kier alpha value is -1.10. The van der Waals surface area contributed by atoms with E-state index >= 15 is 0 Å². The Morgan fingerprint density at radius 1 is 1.53 bits per heavy atom. The van der Waals surface area contributed by atoms with Gasteiger partial charge in [0.1, 0.15) is 5.82 Å². The molecule has 0 bridgehead atoms. The van der Waals surface area contributed by atoms with Gasteiger partial charge in [-0.15, -0.1) is 0 Å². The molecule has 0 aromatic carbocycles. The summed E-state index contributed by atoms with van der Waals surface area (Å²) in [5.41, 5.74) is 0. The van der Waals surface area contributed by atoms with E-state index in [2.05, 4.69) is 31.5 Å². The van der Waals surface area contributed by atoms with E-state index in [0.717, 1.165) is 17.3 Å². The van der Waals surface area contributed by atoms with Gasteiger partial charge in [0.2, 0.25) is 0 Å². The van der Waals surface area contributed by atoms with Gasteiger partial charge in [0.25, 0.3) is 0 Å². The van der Waals surface area contributed by atoms with Gasteiger partial charge in [-0.05, 0) is 31.4 Å². The van der Waals surface area contributed by atoms with Crippen LogP contribution in [0.25, 0.3) is 0 Å². The third kappa shape index (κ3) is 2.92. The van der Waals surface area contributed by atoms with Crippen molar-refractivity contribution in [1.29, 1.82) is 0 Å². The van der Waals surface area contributed by atoms with Gasteiger partial charge < -0.3 is 5.32 Å². The lowest BCUT2D eigenvalue weighted by Gasteiger charge is -2.26. The molecule has 1 aromatic heterocycles. The van der Waals surface area contributed by atoms with Crippen molar-refractivity contribution in [3.8, 4) is 0 Å². The molecule has 2 rings (SSSR count). The summed E-state index contributed by atoms with van der Waals surface area (Å²) in [6.07, 6.45) is 5.02. The molecule has 0 radical (unpaired) electrons. The van der Waals surface area contributed by atoms with Crippen LogP contribution < -0.4 is 10.6 Å². The maximum Gasteiger partial charge on any atom is 0.320 e. The van der Waals surface area contributed by atoms with Crippen molar-refractivity contribution >= 4 is 27.8 Å². The van der Waals surface area contributed by atoms with Gasteiger partial charge >= 0.3 is 6.03 Å². The van der Waals surface area contributed by atoms with Crippen LogP contribution in [0.5, 0.6) is 0 Å². The van der Waals surface area contributed by atoms with Gasteiger partial charge in [0, 0.05) is 16.7 Å². The van der Waals surface area contributed by atoms with Crippen molar-refractivity contribution in [1.82, 2.24) is 10.3 Å². The normalized spacial score (nSPS) is 15.5. The molecule has 2 amide bonds. The molecular formula is C10H12BrN3O. The minimum absolute atomic E-state index is 0.176. The third-order valence-corrected chi connectivity index (χ3v) is 2.90. The highest BCUT2D eigenvalue weighted by Crippen LogP contribution is 2.18. The smallest absolute Gasteiger partial charge is 0.320 e. The van der Waals surface area contributed by atoms with Gasteiger partial charge in [-0.1, -0.05) is 15.9 Å². The number of carbonyl (C=O) groups excluding carboxylic acids is 1. The largest absolute Gasteiger partial charge is 0.335 e. The molecule has 15 heavy (non-hydrogen) atoms. The monoisotopic (exact) mass is 269 g/mol. The lowest BCUT2D eigenvalue weighted by atomic mass is 9.93. The fourth-order valence-electron chi connectivity index (χ4n) is 1.36. The molecule has 1 aliphatic carbocycles. The lowest BCUT2D eigenvalue weighted by Crippen LogP contribution is -2.41. The molecule has 0 atom stereocenters. The maximum atomic E-state index is 11.4. The van der Waals surface area contributed by atoms with Crippen LogP contribution in [-0.4, -0.2) is 17.1 Å². The number of amides is 2. The topological polar surface area (TPSA) is 54.0 Å². The molecule has 0 spiro atoms. The van der Waals surface area contributed by atoms with Crippen LogP contribution in [0.3, 0.4) is 0 Å². The van der Waals surface area contributed by atoms with E-state index in [1.807, 2.05) is 6.07 Å². The second-order valence-electron chi connectivity index (χ2n) is 3.59. The quantitative estimate of drug-likeness (QED) is 0.867. The summed E-state index contributed by atoms with van der Waals surface area (Å²) < 4.78 is 0.899. The Labute approximate surface area is 96.6 Å². The van der Waals surface area contributed by atoms with Gasteiger partial charge in [-0.2, -0.15) is 0 Å². The first-order chi connectivity index (χ1) is 7.24. The van der Waals surface area contributed by atoms with Crippen molar-refractivity contribution in [2.24, 2.45) is 0 Å². The Balaban J connectivity index is 1.87. The summed E-state index contributed by atoms with van der Waals surface area (Å²) in [6.45, 7) is 0. The van der Waals surface area contributed by atoms with Crippen LogP contribution in [0.2, 0.25) is 0 Å². The van der Waals surface area contributed by atoms with Crippen molar-refractivity contribution in [2.75, 3.05) is 5.32 Å². The number of anilines is 1. The van der Waals surface area contributed by atoms with Crippen LogP contribution in [0.4, 0.5) is 10.6 Å². The number of urea groups is 1. The first-order valence-corrected chi connectivity index (χ1v) is 5.72. The summed E-state index contributed by atoms with van der Waals surface area (Å²) in [4.78, 5) is 15.5. The fourth-order valence-corrected chi connectivity index (χ4v) is 1.70. The molecule has 1 heterocycles. The summed E-state index contributed by atoms with van der Waals surface area (Å²) in [7, 11) is 0. The molecule has 1 aliphatic rings. The van der Waals surface area contributed by atoms with Gasteiger partial charge in [-0.3, -0.25) is 5.32 Å². The molecule has 2 N–H and O–H groups in total. The van der Waals surface area contributed by atoms with Crippen LogP contribution in [0.1, 0.15) is 19.3 Å². The van der Waals surface area contributed by atoms with Gasteiger partial charge in [0.05, 0.1) is 0 Å². The second kappa shape index (κ2) is 4.61. The van der Waals surface area contributed by atoms with E-state index in [-0.39, 0.29) is 6.03 Å². The predicted octanol–water partition coefficient (Wildman–Crippen LogP) is 2.52. The van der Waals surface area contributed by atoms with Crippen LogP contribution in [0.15, 0.2) is 22.8 Å². The SMILES string of the molecule is O=C(Nc1cc(Br)ccn1)NC1CCC1. The number of hydrogen-bond donors (Lipinski definition) is 2. The number of rotatable bonds is 2. The number of pyridine rings is 1. The molecule has 4 nitrogen and oxygen atoms in total. The van der Waals surface area contributed by atoms with Crippen molar-refractivity contribution in [3.63, 3.8) is 0 Å². The zero-order chi connectivity index (χ0) is 10.7. The third-order valence-electron chi connectivity index (χ3n) is 2.40. The number of halogens is 1. The van der Waals surface area contributed by atoms with Crippen LogP contribution in [-0.2, 0) is 0 Å². The van der Waals surface area contributed by atoms with E-state index in [0.29, 0.717) is 11.9 Å². The number of carbonyl (C=O) groups is 1. The van der Waals surface area contributed by atoms with Crippen LogP contribution >= 0.6 is 15.9 Å². The summed E-state index contributed by atoms with van der Waals surface area (Å²) in [6, 6.07) is 3.75. The lowest BCUT2D eigenvalue weighted by molar-refractivity contribution is 0.240. The van der Waals surface area contributed by atoms with E-state index in [1.54, 1.807) is 12.3 Å². The van der Waals surface area contributed by atoms with Gasteiger partial charge in [0.15, 0.2) is 0 Å². The summed E-state index contributed by atoms with van der Waals surface area (Å²) in [5, 5.41) is 5.57. The Morgan fingerprint density at radius 3 is 2.93 bits per heavy atom. The predicted molar refractivity (Wildman–Crippen MR) is 61.7 cm³/mol. The van der Waals surface area contributed by atoms with E-state index in [4.69, 9.17) is 0 Å². The average molecular weight is 270 g/mol. The highest BCUT2D eigenvalue weighted by molar-refractivity contribution is 9.10. The molecule has 1 saturated carbocycles. The molecule has 5 heteroatoms. The minimum Gasteiger partial charge on any atom is -0.335 e. The maximum absolute atomic E-state index is 11.4. The van der Waals surface area contributed by atoms with Gasteiger partial charge in [-0.25, -0.2) is 9.78 Å². The zero-order valence-electron chi connectivity index (χ0n) is 8.16. The Kier molecular flexibility index (Phi) is 3.20. The molecule has 0 aliphatic heterocycles. The Morgan fingerprint density at radius 2 is 2.33 bits per heavy atom. The van der Waals surface area contributed by atoms with E-state index in [1.165, 1.54) is 6.42 Å². The average Bonchev–Trinajstić information content (AvgIpc) is 2.11. The highest BCUT2D eigenvalue weighted by Gasteiger charge is 2.19. The first-order valence-electron chi connectivity index (χ1n) is 4.93. The molecular weight excluding hydrogens is 258 g/mol. The zero-order valence-corrected chi connectivity index (χ0v) is 9.75. The first kappa shape index (κ1) is 10.4. The van der Waals surface area contributed by atoms with Crippen molar-refractivity contribution in [3.05, 3.63) is 22.8 Å². The summed E-state index contributed by atoms with van der Waals surface area (Å²) in [5.74, 6) is 0.557. The minimum atomic E-state index is -0.176. The molecule has 0 saturated heterocycles. The number of nitrogens with zero attached hydrogens (tertiary/aromatic N) is 1. The van der Waals surface area contributed by atoms with Crippen molar-refractivity contribution in [2.45, 2.75) is 25.3 Å². The molecule has 1 aromatic rings. The number of nitrogens with one attached hydrogen (secondary N) is 2. The van der Waals surface area contributed by atoms with Crippen molar-refractivity contribution < 1.29 is 4.79 Å². The van der Waals surface area contributed by atoms with E-state index in [9.17, 15) is 4.79 Å². The highest BCUT2D eigenvalue weighted by atomic mass is 79.9. The fraction of sp³-hybridized carbons (Fsp3) is 0.400. The Bertz CT molecular complexity index is 365. The standard InChI is InChI=1S/C10H12BrN3O/c11-7-4-5-12-9(6-7)14-10(15)13-8-2-1-3-8/h4-6,8H,1-3H2,(H2,12,13,14,15). The number of aromatic nitrogens is 1. The molecule has 80 valence electrons. The van der Waals surface area contributed by atoms with E-state index < -0.39 is 0 Å². The number of hydrogen-bond acceptors (Lipinski definition) is 2. The molecule has 1 fully saturated rings. The molecule has 0 unspecified atom stereocenters. The second-order valence-corrected chi connectivity index (χ2v) is 4.50.